The van der Waals surface area contributed by atoms with Gasteiger partial charge in [-0.3, -0.25) is 9.69 Å². The minimum absolute atomic E-state index is 0.00646. The van der Waals surface area contributed by atoms with Gasteiger partial charge in [0.15, 0.2) is 23.0 Å². The van der Waals surface area contributed by atoms with Crippen LogP contribution in [0, 0.1) is 11.6 Å². The number of halogens is 4. The van der Waals surface area contributed by atoms with Crippen LogP contribution in [0.5, 0.6) is 23.0 Å². The van der Waals surface area contributed by atoms with E-state index in [0.29, 0.717) is 115 Å². The van der Waals surface area contributed by atoms with Crippen molar-refractivity contribution in [2.75, 3.05) is 90.5 Å². The standard InChI is InChI=1S/C27H31ClFN5O4.C27H30ClFN4O5/c1-33(27(35)34-9-11-37-12-10-34)18-4-6-19(7-5-18)38-25-14-20-23(15-24(25)36-2)30-16-31-26(20)32-17-3-8-22(29)21(28)13-17;1-27(2)15-33(13-25(34)38-27)7-9-36-23-11-19-22(12-24(23)37-14-18-4-3-8-35-18)30-16-31-26(19)32-17-5-6-21(29)20(28)10-17/h3,8,13-16,18-19H,4-7,9-12H2,1-2H3,(H,30,31,32);5-6,10-12,16,18H,3-4,7-9,13-15H2,1-2H3,(H,30,31,32)/t18-,19-;18-/m.0/s1. The molecule has 18 nitrogen and oxygen atoms in total. The minimum Gasteiger partial charge on any atom is -0.493 e. The number of amides is 2. The molecule has 4 fully saturated rings. The number of fused-ring (bicyclic) bond motifs is 2. The minimum atomic E-state index is -0.547. The van der Waals surface area contributed by atoms with Gasteiger partial charge in [0.2, 0.25) is 0 Å². The van der Waals surface area contributed by atoms with Crippen LogP contribution < -0.4 is 29.6 Å². The molecule has 0 radical (unpaired) electrons. The molecule has 5 heterocycles. The number of hydrogen-bond donors (Lipinski definition) is 2. The Morgan fingerprint density at radius 1 is 0.789 bits per heavy atom. The number of nitrogens with one attached hydrogen (secondary N) is 2. The fourth-order valence-electron chi connectivity index (χ4n) is 9.64. The molecule has 6 aromatic rings. The highest BCUT2D eigenvalue weighted by atomic mass is 35.5. The third kappa shape index (κ3) is 13.7. The zero-order valence-corrected chi connectivity index (χ0v) is 44.3. The van der Waals surface area contributed by atoms with Crippen LogP contribution in [-0.2, 0) is 19.0 Å². The van der Waals surface area contributed by atoms with Crippen LogP contribution >= 0.6 is 23.2 Å². The molecule has 22 heteroatoms. The molecule has 4 aliphatic rings. The van der Waals surface area contributed by atoms with E-state index in [-0.39, 0.29) is 46.8 Å². The highest BCUT2D eigenvalue weighted by Gasteiger charge is 2.33. The molecular formula is C54H61Cl2F2N9O9. The molecular weight excluding hydrogens is 1030 g/mol. The lowest BCUT2D eigenvalue weighted by Crippen LogP contribution is -2.51. The largest absolute Gasteiger partial charge is 0.493 e. The van der Waals surface area contributed by atoms with E-state index >= 15 is 0 Å². The predicted molar refractivity (Wildman–Crippen MR) is 284 cm³/mol. The van der Waals surface area contributed by atoms with E-state index in [4.69, 9.17) is 56.4 Å². The summed E-state index contributed by atoms with van der Waals surface area (Å²) >= 11 is 11.9. The molecule has 3 aliphatic heterocycles. The first-order chi connectivity index (χ1) is 36.7. The molecule has 0 spiro atoms. The summed E-state index contributed by atoms with van der Waals surface area (Å²) in [4.78, 5) is 48.1. The molecule has 0 bridgehead atoms. The van der Waals surface area contributed by atoms with Crippen LogP contribution in [0.15, 0.2) is 73.3 Å². The van der Waals surface area contributed by atoms with Gasteiger partial charge in [-0.15, -0.1) is 0 Å². The molecule has 404 valence electrons. The SMILES string of the molecule is CC1(C)CN(CCOc2cc3c(Nc4ccc(F)c(Cl)c4)ncnc3cc2OC[C@@H]2CCCO2)CC(=O)O1.COc1cc2ncnc(Nc3ccc(F)c(Cl)c3)c2cc1O[C@H]1CC[C@H](N(C)C(=O)N2CCOCC2)CC1. The van der Waals surface area contributed by atoms with E-state index in [1.54, 1.807) is 19.2 Å². The van der Waals surface area contributed by atoms with Gasteiger partial charge < -0.3 is 53.6 Å². The molecule has 2 N–H and O–H groups in total. The zero-order chi connectivity index (χ0) is 53.3. The van der Waals surface area contributed by atoms with Crippen LogP contribution in [0.25, 0.3) is 21.8 Å². The number of nitrogens with zero attached hydrogens (tertiary/aromatic N) is 7. The number of cyclic esters (lactones) is 1. The zero-order valence-electron chi connectivity index (χ0n) is 42.8. The van der Waals surface area contributed by atoms with Gasteiger partial charge in [0.05, 0.1) is 60.2 Å². The maximum atomic E-state index is 13.6. The van der Waals surface area contributed by atoms with Crippen LogP contribution in [-0.4, -0.2) is 150 Å². The highest BCUT2D eigenvalue weighted by Crippen LogP contribution is 2.39. The number of benzene rings is 4. The fourth-order valence-corrected chi connectivity index (χ4v) is 10.0. The molecule has 1 saturated carbocycles. The number of ether oxygens (including phenoxy) is 7. The maximum Gasteiger partial charge on any atom is 0.320 e. The normalized spacial score (nSPS) is 19.6. The van der Waals surface area contributed by atoms with Crippen molar-refractivity contribution in [2.45, 2.75) is 76.2 Å². The number of esters is 1. The number of hydrogen-bond acceptors (Lipinski definition) is 16. The predicted octanol–water partition coefficient (Wildman–Crippen LogP) is 9.99. The second-order valence-electron chi connectivity index (χ2n) is 19.6. The van der Waals surface area contributed by atoms with E-state index in [1.807, 2.05) is 59.9 Å². The second kappa shape index (κ2) is 24.6. The Kier molecular flexibility index (Phi) is 17.6. The molecule has 2 aromatic heterocycles. The number of methoxy groups -OCH3 is 1. The molecule has 4 aromatic carbocycles. The van der Waals surface area contributed by atoms with Crippen molar-refractivity contribution in [3.05, 3.63) is 95.0 Å². The van der Waals surface area contributed by atoms with Gasteiger partial charge in [0.1, 0.15) is 54.7 Å². The lowest BCUT2D eigenvalue weighted by atomic mass is 9.92. The number of urea groups is 1. The van der Waals surface area contributed by atoms with Gasteiger partial charge in [0.25, 0.3) is 0 Å². The molecule has 1 aliphatic carbocycles. The Labute approximate surface area is 449 Å². The lowest BCUT2D eigenvalue weighted by molar-refractivity contribution is -0.169. The van der Waals surface area contributed by atoms with Crippen molar-refractivity contribution in [3.8, 4) is 23.0 Å². The number of anilines is 4. The van der Waals surface area contributed by atoms with Crippen LogP contribution in [0.4, 0.5) is 36.6 Å². The van der Waals surface area contributed by atoms with Gasteiger partial charge >= 0.3 is 12.0 Å². The topological polar surface area (TPSA) is 184 Å². The van der Waals surface area contributed by atoms with Gasteiger partial charge in [-0.2, -0.15) is 0 Å². The Morgan fingerprint density at radius 3 is 1.97 bits per heavy atom. The average Bonchev–Trinajstić information content (AvgIpc) is 3.95. The van der Waals surface area contributed by atoms with Crippen molar-refractivity contribution < 1.29 is 51.5 Å². The van der Waals surface area contributed by atoms with Crippen molar-refractivity contribution in [3.63, 3.8) is 0 Å². The third-order valence-electron chi connectivity index (χ3n) is 13.5. The summed E-state index contributed by atoms with van der Waals surface area (Å²) in [6.45, 7) is 9.07. The molecule has 10 rings (SSSR count). The molecule has 76 heavy (non-hydrogen) atoms. The van der Waals surface area contributed by atoms with Gasteiger partial charge in [-0.1, -0.05) is 23.2 Å². The summed E-state index contributed by atoms with van der Waals surface area (Å²) in [7, 11) is 3.48. The lowest BCUT2D eigenvalue weighted by Gasteiger charge is -2.38. The number of carbonyl (C=O) groups is 2. The first kappa shape index (κ1) is 54.2. The van der Waals surface area contributed by atoms with Crippen molar-refractivity contribution in [2.24, 2.45) is 0 Å². The number of aromatic nitrogens is 4. The summed E-state index contributed by atoms with van der Waals surface area (Å²) in [5.74, 6) is 2.04. The first-order valence-corrected chi connectivity index (χ1v) is 26.1. The Hall–Kier alpha value is -6.58. The molecule has 3 saturated heterocycles. The molecule has 0 unspecified atom stereocenters. The summed E-state index contributed by atoms with van der Waals surface area (Å²) in [5, 5.41) is 7.82. The quantitative estimate of drug-likeness (QED) is 0.0925. The van der Waals surface area contributed by atoms with Crippen molar-refractivity contribution in [1.82, 2.24) is 34.6 Å². The van der Waals surface area contributed by atoms with E-state index in [9.17, 15) is 18.4 Å². The Balaban J connectivity index is 0.000000186. The second-order valence-corrected chi connectivity index (χ2v) is 20.4. The molecule has 2 amide bonds. The first-order valence-electron chi connectivity index (χ1n) is 25.3. The summed E-state index contributed by atoms with van der Waals surface area (Å²) in [5.41, 5.74) is 1.95. The van der Waals surface area contributed by atoms with Crippen LogP contribution in [0.2, 0.25) is 10.0 Å². The van der Waals surface area contributed by atoms with E-state index < -0.39 is 17.2 Å². The van der Waals surface area contributed by atoms with Crippen molar-refractivity contribution >= 4 is 80.0 Å². The van der Waals surface area contributed by atoms with Gasteiger partial charge in [-0.05, 0) is 101 Å². The summed E-state index contributed by atoms with van der Waals surface area (Å²) in [6.07, 6.45) is 8.22. The van der Waals surface area contributed by atoms with Gasteiger partial charge in [0, 0.05) is 80.2 Å². The summed E-state index contributed by atoms with van der Waals surface area (Å²) < 4.78 is 68.1. The smallest absolute Gasteiger partial charge is 0.320 e. The highest BCUT2D eigenvalue weighted by molar-refractivity contribution is 6.31. The van der Waals surface area contributed by atoms with E-state index in [2.05, 4.69) is 30.6 Å². The summed E-state index contributed by atoms with van der Waals surface area (Å²) in [6, 6.07) is 16.3. The number of morpholine rings is 2. The molecule has 1 atom stereocenters. The van der Waals surface area contributed by atoms with Crippen LogP contribution in [0.3, 0.4) is 0 Å². The number of carbonyl (C=O) groups excluding carboxylic acids is 2. The van der Waals surface area contributed by atoms with Crippen LogP contribution in [0.1, 0.15) is 52.4 Å². The third-order valence-corrected chi connectivity index (χ3v) is 14.1. The Bertz CT molecular complexity index is 3020. The fraction of sp³-hybridized carbons (Fsp3) is 0.444. The monoisotopic (exact) mass is 1090 g/mol. The Morgan fingerprint density at radius 2 is 1.39 bits per heavy atom. The van der Waals surface area contributed by atoms with E-state index in [0.717, 1.165) is 50.5 Å². The number of rotatable bonds is 15. The van der Waals surface area contributed by atoms with Crippen molar-refractivity contribution in [1.29, 1.82) is 0 Å². The van der Waals surface area contributed by atoms with Gasteiger partial charge in [-0.25, -0.2) is 33.5 Å². The maximum absolute atomic E-state index is 13.6. The van der Waals surface area contributed by atoms with E-state index in [1.165, 1.54) is 36.9 Å². The average molecular weight is 1090 g/mol.